The Morgan fingerprint density at radius 2 is 2.00 bits per heavy atom. The molecule has 120 valence electrons. The average Bonchev–Trinajstić information content (AvgIpc) is 2.91. The van der Waals surface area contributed by atoms with Gasteiger partial charge in [-0.15, -0.1) is 23.5 Å². The van der Waals surface area contributed by atoms with Crippen molar-refractivity contribution < 1.29 is 8.84 Å². The first-order valence-corrected chi connectivity index (χ1v) is 12.7. The summed E-state index contributed by atoms with van der Waals surface area (Å²) in [6.07, 6.45) is 4.25. The molecule has 0 unspecified atom stereocenters. The fourth-order valence-electron chi connectivity index (χ4n) is 2.08. The van der Waals surface area contributed by atoms with Crippen LogP contribution in [0.15, 0.2) is 22.8 Å². The first-order valence-electron chi connectivity index (χ1n) is 7.74. The summed E-state index contributed by atoms with van der Waals surface area (Å²) in [5.74, 6) is 3.55. The first-order chi connectivity index (χ1) is 9.79. The zero-order valence-corrected chi connectivity index (χ0v) is 16.5. The summed E-state index contributed by atoms with van der Waals surface area (Å²) in [5.41, 5.74) is 0. The van der Waals surface area contributed by atoms with Gasteiger partial charge < -0.3 is 8.84 Å². The molecule has 2 heterocycles. The molecule has 2 rings (SSSR count). The van der Waals surface area contributed by atoms with Crippen molar-refractivity contribution in [2.45, 2.75) is 62.4 Å². The van der Waals surface area contributed by atoms with Crippen LogP contribution in [0.4, 0.5) is 0 Å². The van der Waals surface area contributed by atoms with E-state index in [1.807, 2.05) is 6.07 Å². The van der Waals surface area contributed by atoms with Crippen LogP contribution in [0.1, 0.15) is 45.5 Å². The van der Waals surface area contributed by atoms with Crippen LogP contribution < -0.4 is 0 Å². The van der Waals surface area contributed by atoms with Crippen LogP contribution in [0.2, 0.25) is 18.1 Å². The molecule has 1 aromatic heterocycles. The highest BCUT2D eigenvalue weighted by atomic mass is 32.2. The van der Waals surface area contributed by atoms with E-state index in [1.54, 1.807) is 6.26 Å². The lowest BCUT2D eigenvalue weighted by molar-refractivity contribution is 0.152. The van der Waals surface area contributed by atoms with Crippen molar-refractivity contribution in [1.29, 1.82) is 0 Å². The first kappa shape index (κ1) is 17.5. The molecule has 1 fully saturated rings. The van der Waals surface area contributed by atoms with Gasteiger partial charge in [0.2, 0.25) is 0 Å². The Morgan fingerprint density at radius 1 is 1.33 bits per heavy atom. The molecule has 0 aliphatic carbocycles. The zero-order valence-electron chi connectivity index (χ0n) is 13.8. The van der Waals surface area contributed by atoms with Crippen LogP contribution in [-0.2, 0) is 4.43 Å². The van der Waals surface area contributed by atoms with Crippen molar-refractivity contribution in [3.63, 3.8) is 0 Å². The molecule has 0 bridgehead atoms. The van der Waals surface area contributed by atoms with Crippen LogP contribution in [0.3, 0.4) is 0 Å². The summed E-state index contributed by atoms with van der Waals surface area (Å²) in [5, 5.41) is 0.227. The third kappa shape index (κ3) is 4.81. The number of hydrogen-bond donors (Lipinski definition) is 0. The standard InChI is InChI=1S/C16H28O2S2Si/c1-16(2,3)21(4,5)18-14(13-8-6-9-17-13)12-15-19-10-7-11-20-15/h6,8-9,14-15H,7,10-12H2,1-5H3/t14-/m1/s1. The van der Waals surface area contributed by atoms with Gasteiger partial charge in [-0.25, -0.2) is 0 Å². The summed E-state index contributed by atoms with van der Waals surface area (Å²) in [6, 6.07) is 4.04. The van der Waals surface area contributed by atoms with E-state index >= 15 is 0 Å². The third-order valence-electron chi connectivity index (χ3n) is 4.41. The average molecular weight is 345 g/mol. The second kappa shape index (κ2) is 7.15. The predicted octanol–water partition coefficient (Wildman–Crippen LogP) is 5.93. The number of furan rings is 1. The Labute approximate surface area is 138 Å². The minimum Gasteiger partial charge on any atom is -0.467 e. The normalized spacial score (nSPS) is 19.7. The molecule has 0 amide bonds. The summed E-state index contributed by atoms with van der Waals surface area (Å²) >= 11 is 4.16. The Morgan fingerprint density at radius 3 is 2.52 bits per heavy atom. The monoisotopic (exact) mass is 344 g/mol. The maximum atomic E-state index is 6.67. The molecule has 21 heavy (non-hydrogen) atoms. The largest absolute Gasteiger partial charge is 0.467 e. The van der Waals surface area contributed by atoms with Crippen LogP contribution in [0.5, 0.6) is 0 Å². The molecule has 0 radical (unpaired) electrons. The highest BCUT2D eigenvalue weighted by molar-refractivity contribution is 8.17. The third-order valence-corrected chi connectivity index (χ3v) is 11.9. The van der Waals surface area contributed by atoms with Gasteiger partial charge >= 0.3 is 0 Å². The molecule has 0 N–H and O–H groups in total. The fraction of sp³-hybridized carbons (Fsp3) is 0.750. The van der Waals surface area contributed by atoms with E-state index in [1.165, 1.54) is 17.9 Å². The minimum absolute atomic E-state index is 0.101. The van der Waals surface area contributed by atoms with Crippen LogP contribution in [-0.4, -0.2) is 24.4 Å². The topological polar surface area (TPSA) is 22.4 Å². The van der Waals surface area contributed by atoms with Gasteiger partial charge in [0.15, 0.2) is 8.32 Å². The molecule has 1 aliphatic heterocycles. The van der Waals surface area contributed by atoms with Gasteiger partial charge in [-0.2, -0.15) is 0 Å². The number of thioether (sulfide) groups is 2. The second-order valence-electron chi connectivity index (χ2n) is 7.14. The van der Waals surface area contributed by atoms with E-state index in [2.05, 4.69) is 63.5 Å². The second-order valence-corrected chi connectivity index (χ2v) is 14.8. The molecule has 1 aromatic rings. The van der Waals surface area contributed by atoms with Gasteiger partial charge in [-0.3, -0.25) is 0 Å². The highest BCUT2D eigenvalue weighted by Crippen LogP contribution is 2.43. The van der Waals surface area contributed by atoms with E-state index in [0.717, 1.165) is 12.2 Å². The van der Waals surface area contributed by atoms with Crippen molar-refractivity contribution in [1.82, 2.24) is 0 Å². The van der Waals surface area contributed by atoms with Crippen molar-refractivity contribution in [2.75, 3.05) is 11.5 Å². The molecule has 1 aliphatic rings. The maximum Gasteiger partial charge on any atom is 0.193 e. The summed E-state index contributed by atoms with van der Waals surface area (Å²) in [6.45, 7) is 11.5. The van der Waals surface area contributed by atoms with Crippen molar-refractivity contribution in [3.05, 3.63) is 24.2 Å². The highest BCUT2D eigenvalue weighted by Gasteiger charge is 2.40. The van der Waals surface area contributed by atoms with Gasteiger partial charge in [0.05, 0.1) is 10.8 Å². The maximum absolute atomic E-state index is 6.67. The lowest BCUT2D eigenvalue weighted by Gasteiger charge is -2.39. The van der Waals surface area contributed by atoms with E-state index in [4.69, 9.17) is 8.84 Å². The molecule has 0 spiro atoms. The molecule has 0 saturated carbocycles. The SMILES string of the molecule is CC(C)(C)[Si](C)(C)O[C@H](CC1SCCCS1)c1ccco1. The Balaban J connectivity index is 2.09. The molecule has 5 heteroatoms. The summed E-state index contributed by atoms with van der Waals surface area (Å²) in [4.78, 5) is 0. The smallest absolute Gasteiger partial charge is 0.193 e. The molecule has 1 saturated heterocycles. The van der Waals surface area contributed by atoms with E-state index in [0.29, 0.717) is 4.58 Å². The molecular weight excluding hydrogens is 316 g/mol. The van der Waals surface area contributed by atoms with Gasteiger partial charge in [-0.05, 0) is 48.2 Å². The van der Waals surface area contributed by atoms with Crippen molar-refractivity contribution in [2.24, 2.45) is 0 Å². The van der Waals surface area contributed by atoms with E-state index in [-0.39, 0.29) is 11.1 Å². The van der Waals surface area contributed by atoms with E-state index in [9.17, 15) is 0 Å². The van der Waals surface area contributed by atoms with Gasteiger partial charge in [0.1, 0.15) is 11.9 Å². The molecular formula is C16H28O2S2Si. The molecule has 0 aromatic carbocycles. The Kier molecular flexibility index (Phi) is 5.96. The zero-order chi connectivity index (χ0) is 15.5. The fourth-order valence-corrected chi connectivity index (χ4v) is 6.27. The minimum atomic E-state index is -1.79. The predicted molar refractivity (Wildman–Crippen MR) is 97.7 cm³/mol. The quantitative estimate of drug-likeness (QED) is 0.617. The molecule has 2 nitrogen and oxygen atoms in total. The molecule has 1 atom stereocenters. The van der Waals surface area contributed by atoms with Crippen molar-refractivity contribution in [3.8, 4) is 0 Å². The van der Waals surface area contributed by atoms with Crippen LogP contribution in [0.25, 0.3) is 0 Å². The number of hydrogen-bond acceptors (Lipinski definition) is 4. The number of rotatable bonds is 5. The Hall–Kier alpha value is 0.157. The van der Waals surface area contributed by atoms with Gasteiger partial charge in [0, 0.05) is 6.42 Å². The summed E-state index contributed by atoms with van der Waals surface area (Å²) in [7, 11) is -1.79. The lowest BCUT2D eigenvalue weighted by atomic mass is 10.2. The lowest BCUT2D eigenvalue weighted by Crippen LogP contribution is -2.42. The van der Waals surface area contributed by atoms with Gasteiger partial charge in [0.25, 0.3) is 0 Å². The Bertz CT molecular complexity index is 420. The summed E-state index contributed by atoms with van der Waals surface area (Å²) < 4.78 is 13.0. The van der Waals surface area contributed by atoms with E-state index < -0.39 is 8.32 Å². The van der Waals surface area contributed by atoms with Crippen LogP contribution in [0, 0.1) is 0 Å². The van der Waals surface area contributed by atoms with Gasteiger partial charge in [-0.1, -0.05) is 20.8 Å². The van der Waals surface area contributed by atoms with Crippen LogP contribution >= 0.6 is 23.5 Å². The van der Waals surface area contributed by atoms with Crippen molar-refractivity contribution >= 4 is 31.8 Å².